The van der Waals surface area contributed by atoms with E-state index in [9.17, 15) is 0 Å². The Morgan fingerprint density at radius 3 is 2.75 bits per heavy atom. The molecule has 0 saturated heterocycles. The van der Waals surface area contributed by atoms with E-state index >= 15 is 0 Å². The van der Waals surface area contributed by atoms with Crippen LogP contribution in [-0.4, -0.2) is 9.55 Å². The number of aromatic nitrogens is 2. The number of benzene rings is 1. The fourth-order valence-electron chi connectivity index (χ4n) is 1.76. The van der Waals surface area contributed by atoms with Crippen molar-refractivity contribution in [1.29, 1.82) is 0 Å². The summed E-state index contributed by atoms with van der Waals surface area (Å²) < 4.78 is 1.92. The van der Waals surface area contributed by atoms with E-state index in [2.05, 4.69) is 4.98 Å². The molecule has 1 aliphatic carbocycles. The van der Waals surface area contributed by atoms with Gasteiger partial charge in [-0.25, -0.2) is 4.98 Å². The molecule has 82 valence electrons. The molecule has 0 bridgehead atoms. The van der Waals surface area contributed by atoms with Crippen LogP contribution in [0.4, 0.5) is 0 Å². The maximum atomic E-state index is 6.12. The predicted molar refractivity (Wildman–Crippen MR) is 63.7 cm³/mol. The topological polar surface area (TPSA) is 43.8 Å². The fourth-order valence-corrected chi connectivity index (χ4v) is 2.00. The number of rotatable bonds is 2. The zero-order chi connectivity index (χ0) is 11.2. The van der Waals surface area contributed by atoms with Crippen molar-refractivity contribution in [1.82, 2.24) is 9.55 Å². The van der Waals surface area contributed by atoms with Crippen molar-refractivity contribution in [3.05, 3.63) is 47.5 Å². The maximum Gasteiger partial charge on any atom is 0.0996 e. The Labute approximate surface area is 98.9 Å². The molecule has 1 aromatic carbocycles. The summed E-state index contributed by atoms with van der Waals surface area (Å²) in [6.07, 6.45) is 5.77. The molecule has 16 heavy (non-hydrogen) atoms. The highest BCUT2D eigenvalue weighted by molar-refractivity contribution is 6.32. The zero-order valence-corrected chi connectivity index (χ0v) is 9.48. The lowest BCUT2D eigenvalue weighted by Gasteiger charge is -2.05. The highest BCUT2D eigenvalue weighted by Crippen LogP contribution is 2.41. The summed E-state index contributed by atoms with van der Waals surface area (Å²) in [4.78, 5) is 4.35. The molecule has 1 aliphatic rings. The van der Waals surface area contributed by atoms with Crippen LogP contribution >= 0.6 is 11.6 Å². The Bertz CT molecular complexity index is 529. The van der Waals surface area contributed by atoms with Gasteiger partial charge in [-0.2, -0.15) is 0 Å². The van der Waals surface area contributed by atoms with Gasteiger partial charge in [-0.1, -0.05) is 23.7 Å². The third-order valence-corrected chi connectivity index (χ3v) is 3.33. The first-order valence-corrected chi connectivity index (χ1v) is 5.65. The van der Waals surface area contributed by atoms with Crippen molar-refractivity contribution in [3.8, 4) is 5.69 Å². The third kappa shape index (κ3) is 1.52. The molecule has 4 heteroatoms. The highest BCUT2D eigenvalue weighted by atomic mass is 35.5. The smallest absolute Gasteiger partial charge is 0.0996 e. The minimum atomic E-state index is -0.188. The van der Waals surface area contributed by atoms with Gasteiger partial charge in [0.05, 0.1) is 28.3 Å². The summed E-state index contributed by atoms with van der Waals surface area (Å²) in [6, 6.07) is 7.70. The first-order chi connectivity index (χ1) is 7.69. The minimum Gasteiger partial charge on any atom is -0.320 e. The van der Waals surface area contributed by atoms with Crippen LogP contribution in [0.25, 0.3) is 5.69 Å². The Morgan fingerprint density at radius 2 is 2.06 bits per heavy atom. The van der Waals surface area contributed by atoms with Gasteiger partial charge >= 0.3 is 0 Å². The third-order valence-electron chi connectivity index (χ3n) is 3.01. The fraction of sp³-hybridized carbons (Fsp3) is 0.250. The summed E-state index contributed by atoms with van der Waals surface area (Å²) in [5.41, 5.74) is 7.79. The van der Waals surface area contributed by atoms with Crippen LogP contribution in [-0.2, 0) is 5.54 Å². The molecule has 0 aliphatic heterocycles. The minimum absolute atomic E-state index is 0.188. The van der Waals surface area contributed by atoms with Gasteiger partial charge < -0.3 is 10.3 Å². The van der Waals surface area contributed by atoms with E-state index in [0.717, 1.165) is 24.2 Å². The molecular weight excluding hydrogens is 222 g/mol. The second kappa shape index (κ2) is 3.34. The highest BCUT2D eigenvalue weighted by Gasteiger charge is 2.42. The van der Waals surface area contributed by atoms with Gasteiger partial charge in [-0.05, 0) is 25.0 Å². The average molecular weight is 234 g/mol. The SMILES string of the molecule is NC1(c2cn(-c3ccccc3Cl)cn2)CC1. The number of halogens is 1. The summed E-state index contributed by atoms with van der Waals surface area (Å²) in [5, 5.41) is 0.716. The van der Waals surface area contributed by atoms with Crippen molar-refractivity contribution in [2.45, 2.75) is 18.4 Å². The molecule has 0 unspecified atom stereocenters. The first kappa shape index (κ1) is 9.87. The largest absolute Gasteiger partial charge is 0.320 e. The molecule has 0 amide bonds. The van der Waals surface area contributed by atoms with Crippen molar-refractivity contribution in [3.63, 3.8) is 0 Å². The molecule has 3 nitrogen and oxygen atoms in total. The first-order valence-electron chi connectivity index (χ1n) is 5.27. The van der Waals surface area contributed by atoms with E-state index < -0.39 is 0 Å². The number of hydrogen-bond acceptors (Lipinski definition) is 2. The molecule has 1 saturated carbocycles. The van der Waals surface area contributed by atoms with Gasteiger partial charge in [0, 0.05) is 6.20 Å². The Kier molecular flexibility index (Phi) is 2.06. The van der Waals surface area contributed by atoms with Crippen molar-refractivity contribution in [2.24, 2.45) is 5.73 Å². The lowest BCUT2D eigenvalue weighted by atomic mass is 10.2. The van der Waals surface area contributed by atoms with Gasteiger partial charge in [-0.15, -0.1) is 0 Å². The standard InChI is InChI=1S/C12H12ClN3/c13-9-3-1-2-4-10(9)16-7-11(15-8-16)12(14)5-6-12/h1-4,7-8H,5-6,14H2. The van der Waals surface area contributed by atoms with E-state index in [1.165, 1.54) is 0 Å². The van der Waals surface area contributed by atoms with Gasteiger partial charge in [0.15, 0.2) is 0 Å². The Hall–Kier alpha value is -1.32. The lowest BCUT2D eigenvalue weighted by molar-refractivity contribution is 0.713. The number of hydrogen-bond donors (Lipinski definition) is 1. The van der Waals surface area contributed by atoms with Crippen LogP contribution in [0, 0.1) is 0 Å². The van der Waals surface area contributed by atoms with E-state index in [0.29, 0.717) is 5.02 Å². The van der Waals surface area contributed by atoms with Crippen LogP contribution in [0.2, 0.25) is 5.02 Å². The summed E-state index contributed by atoms with van der Waals surface area (Å²) >= 11 is 6.12. The second-order valence-electron chi connectivity index (χ2n) is 4.27. The second-order valence-corrected chi connectivity index (χ2v) is 4.68. The van der Waals surface area contributed by atoms with Crippen molar-refractivity contribution < 1.29 is 0 Å². The van der Waals surface area contributed by atoms with Gasteiger partial charge in [0.2, 0.25) is 0 Å². The van der Waals surface area contributed by atoms with Crippen LogP contribution in [0.1, 0.15) is 18.5 Å². The molecule has 1 aromatic heterocycles. The van der Waals surface area contributed by atoms with Crippen LogP contribution in [0.3, 0.4) is 0 Å². The number of imidazole rings is 1. The van der Waals surface area contributed by atoms with Crippen LogP contribution < -0.4 is 5.73 Å². The van der Waals surface area contributed by atoms with Gasteiger partial charge in [0.1, 0.15) is 0 Å². The van der Waals surface area contributed by atoms with Gasteiger partial charge in [-0.3, -0.25) is 0 Å². The van der Waals surface area contributed by atoms with Crippen LogP contribution in [0.15, 0.2) is 36.8 Å². The van der Waals surface area contributed by atoms with Crippen LogP contribution in [0.5, 0.6) is 0 Å². The van der Waals surface area contributed by atoms with E-state index in [-0.39, 0.29) is 5.54 Å². The number of nitrogens with two attached hydrogens (primary N) is 1. The molecule has 2 aromatic rings. The average Bonchev–Trinajstić information content (AvgIpc) is 2.84. The monoisotopic (exact) mass is 233 g/mol. The molecule has 1 fully saturated rings. The quantitative estimate of drug-likeness (QED) is 0.866. The Balaban J connectivity index is 2.02. The predicted octanol–water partition coefficient (Wildman–Crippen LogP) is 2.47. The number of para-hydroxylation sites is 1. The van der Waals surface area contributed by atoms with Gasteiger partial charge in [0.25, 0.3) is 0 Å². The Morgan fingerprint density at radius 1 is 1.31 bits per heavy atom. The lowest BCUT2D eigenvalue weighted by Crippen LogP contribution is -2.18. The molecule has 0 atom stereocenters. The molecule has 2 N–H and O–H groups in total. The normalized spacial score (nSPS) is 17.4. The zero-order valence-electron chi connectivity index (χ0n) is 8.73. The molecule has 0 spiro atoms. The van der Waals surface area contributed by atoms with E-state index in [1.807, 2.05) is 35.0 Å². The summed E-state index contributed by atoms with van der Waals surface area (Å²) in [7, 11) is 0. The summed E-state index contributed by atoms with van der Waals surface area (Å²) in [6.45, 7) is 0. The molecular formula is C12H12ClN3. The molecule has 1 heterocycles. The van der Waals surface area contributed by atoms with E-state index in [4.69, 9.17) is 17.3 Å². The molecule has 0 radical (unpaired) electrons. The van der Waals surface area contributed by atoms with E-state index in [1.54, 1.807) is 6.33 Å². The molecule has 3 rings (SSSR count). The van der Waals surface area contributed by atoms with Crippen molar-refractivity contribution >= 4 is 11.6 Å². The maximum absolute atomic E-state index is 6.12. The van der Waals surface area contributed by atoms with Crippen molar-refractivity contribution in [2.75, 3.05) is 0 Å². The number of nitrogens with zero attached hydrogens (tertiary/aromatic N) is 2. The summed E-state index contributed by atoms with van der Waals surface area (Å²) in [5.74, 6) is 0.